The first-order chi connectivity index (χ1) is 18.9. The minimum absolute atomic E-state index is 0.0234. The standard InChI is InChI=1S/C32H41N5O2/c1-23-29(21-35(2)19-24-8-4-3-5-9-24)25(12-13-30(23)33)18-28(22-38)36-16-14-27(15-17-36)37-20-26-10-6-7-11-31(26)34-32(37)39/h4,6-13,22,27-28H,3,5,14-21,33H2,1-2H3,(H,34,39)/t28-/m1/s1. The summed E-state index contributed by atoms with van der Waals surface area (Å²) < 4.78 is 0. The Kier molecular flexibility index (Phi) is 8.48. The van der Waals surface area contributed by atoms with Crippen LogP contribution in [0.4, 0.5) is 16.2 Å². The van der Waals surface area contributed by atoms with Crippen LogP contribution in [-0.4, -0.2) is 65.8 Å². The van der Waals surface area contributed by atoms with Crippen molar-refractivity contribution in [3.8, 4) is 0 Å². The van der Waals surface area contributed by atoms with Crippen LogP contribution in [0.25, 0.3) is 0 Å². The van der Waals surface area contributed by atoms with E-state index in [0.29, 0.717) is 13.0 Å². The maximum absolute atomic E-state index is 12.8. The lowest BCUT2D eigenvalue weighted by atomic mass is 9.93. The number of benzene rings is 2. The fourth-order valence-electron chi connectivity index (χ4n) is 6.20. The van der Waals surface area contributed by atoms with Gasteiger partial charge in [0.05, 0.1) is 6.04 Å². The molecule has 0 spiro atoms. The van der Waals surface area contributed by atoms with Crippen LogP contribution in [0.1, 0.15) is 47.9 Å². The highest BCUT2D eigenvalue weighted by atomic mass is 16.2. The molecule has 2 aromatic carbocycles. The molecule has 3 aliphatic rings. The lowest BCUT2D eigenvalue weighted by Crippen LogP contribution is -2.52. The number of likely N-dealkylation sites (N-methyl/N-ethyl adjacent to an activating group) is 1. The van der Waals surface area contributed by atoms with Gasteiger partial charge in [-0.05, 0) is 86.0 Å². The number of nitrogens with two attached hydrogens (primary N) is 1. The van der Waals surface area contributed by atoms with Gasteiger partial charge in [0, 0.05) is 50.1 Å². The van der Waals surface area contributed by atoms with Crippen LogP contribution in [0.3, 0.4) is 0 Å². The van der Waals surface area contributed by atoms with Crippen molar-refractivity contribution in [3.05, 3.63) is 82.5 Å². The second-order valence-electron chi connectivity index (χ2n) is 11.2. The van der Waals surface area contributed by atoms with Crippen LogP contribution >= 0.6 is 0 Å². The number of carbonyl (C=O) groups is 2. The van der Waals surface area contributed by atoms with Crippen molar-refractivity contribution in [3.63, 3.8) is 0 Å². The van der Waals surface area contributed by atoms with E-state index in [4.69, 9.17) is 5.73 Å². The molecule has 0 unspecified atom stereocenters. The Morgan fingerprint density at radius 2 is 1.92 bits per heavy atom. The highest BCUT2D eigenvalue weighted by Gasteiger charge is 2.33. The molecule has 3 N–H and O–H groups in total. The molecule has 2 amide bonds. The smallest absolute Gasteiger partial charge is 0.322 e. The Morgan fingerprint density at radius 3 is 2.67 bits per heavy atom. The lowest BCUT2D eigenvalue weighted by Gasteiger charge is -2.42. The number of nitrogen functional groups attached to an aromatic ring is 1. The number of likely N-dealkylation sites (tertiary alicyclic amines) is 1. The number of urea groups is 1. The van der Waals surface area contributed by atoms with E-state index in [0.717, 1.165) is 80.7 Å². The monoisotopic (exact) mass is 527 g/mol. The molecule has 39 heavy (non-hydrogen) atoms. The number of piperidine rings is 1. The average Bonchev–Trinajstić information content (AvgIpc) is 2.95. The summed E-state index contributed by atoms with van der Waals surface area (Å²) in [6, 6.07) is 12.0. The third-order valence-electron chi connectivity index (χ3n) is 8.55. The fraction of sp³-hybridized carbons (Fsp3) is 0.438. The molecule has 1 saturated heterocycles. The van der Waals surface area contributed by atoms with Gasteiger partial charge in [-0.15, -0.1) is 0 Å². The molecule has 0 saturated carbocycles. The minimum Gasteiger partial charge on any atom is -0.399 e. The number of hydrogen-bond acceptors (Lipinski definition) is 5. The first-order valence-electron chi connectivity index (χ1n) is 14.2. The van der Waals surface area contributed by atoms with Gasteiger partial charge in [0.25, 0.3) is 0 Å². The largest absolute Gasteiger partial charge is 0.399 e. The molecule has 1 aliphatic carbocycles. The lowest BCUT2D eigenvalue weighted by molar-refractivity contribution is -0.113. The summed E-state index contributed by atoms with van der Waals surface area (Å²) in [5, 5.41) is 3.04. The van der Waals surface area contributed by atoms with Gasteiger partial charge in [0.2, 0.25) is 0 Å². The first kappa shape index (κ1) is 27.2. The highest BCUT2D eigenvalue weighted by Crippen LogP contribution is 2.29. The SMILES string of the molecule is Cc1c(N)ccc(C[C@H](C=O)N2CCC(N3Cc4ccccc4NC3=O)CC2)c1CN(C)CC1=CCCC=C1. The summed E-state index contributed by atoms with van der Waals surface area (Å²) in [5.41, 5.74) is 14.0. The van der Waals surface area contributed by atoms with Gasteiger partial charge in [-0.25, -0.2) is 4.79 Å². The molecular formula is C32H41N5O2. The van der Waals surface area contributed by atoms with E-state index < -0.39 is 0 Å². The van der Waals surface area contributed by atoms with Crippen LogP contribution in [0, 0.1) is 6.92 Å². The summed E-state index contributed by atoms with van der Waals surface area (Å²) in [6.07, 6.45) is 12.5. The number of carbonyl (C=O) groups excluding carboxylic acids is 2. The van der Waals surface area contributed by atoms with Crippen molar-refractivity contribution in [2.24, 2.45) is 0 Å². The van der Waals surface area contributed by atoms with Gasteiger partial charge >= 0.3 is 6.03 Å². The van der Waals surface area contributed by atoms with E-state index >= 15 is 0 Å². The van der Waals surface area contributed by atoms with Crippen molar-refractivity contribution >= 4 is 23.7 Å². The van der Waals surface area contributed by atoms with Gasteiger partial charge < -0.3 is 20.7 Å². The molecule has 2 heterocycles. The minimum atomic E-state index is -0.196. The third-order valence-corrected chi connectivity index (χ3v) is 8.55. The van der Waals surface area contributed by atoms with Crippen LogP contribution in [-0.2, 0) is 24.3 Å². The van der Waals surface area contributed by atoms with Crippen molar-refractivity contribution < 1.29 is 9.59 Å². The number of hydrogen-bond donors (Lipinski definition) is 2. The molecular weight excluding hydrogens is 486 g/mol. The van der Waals surface area contributed by atoms with Crippen LogP contribution in [0.15, 0.2) is 60.2 Å². The van der Waals surface area contributed by atoms with Crippen LogP contribution in [0.5, 0.6) is 0 Å². The first-order valence-corrected chi connectivity index (χ1v) is 14.2. The van der Waals surface area contributed by atoms with Gasteiger partial charge in [-0.3, -0.25) is 9.80 Å². The van der Waals surface area contributed by atoms with Crippen molar-refractivity contribution in [1.29, 1.82) is 0 Å². The van der Waals surface area contributed by atoms with E-state index in [1.165, 1.54) is 16.7 Å². The molecule has 1 atom stereocenters. The van der Waals surface area contributed by atoms with E-state index in [-0.39, 0.29) is 18.1 Å². The number of anilines is 2. The summed E-state index contributed by atoms with van der Waals surface area (Å²) >= 11 is 0. The Balaban J connectivity index is 1.23. The number of nitrogens with one attached hydrogen (secondary N) is 1. The van der Waals surface area contributed by atoms with E-state index in [2.05, 4.69) is 59.4 Å². The van der Waals surface area contributed by atoms with Crippen LogP contribution < -0.4 is 11.1 Å². The number of allylic oxidation sites excluding steroid dienone is 2. The highest BCUT2D eigenvalue weighted by molar-refractivity contribution is 5.92. The summed E-state index contributed by atoms with van der Waals surface area (Å²) in [4.78, 5) is 31.7. The maximum atomic E-state index is 12.8. The predicted octanol–water partition coefficient (Wildman–Crippen LogP) is 4.91. The average molecular weight is 528 g/mol. The molecule has 1 fully saturated rings. The number of nitrogens with zero attached hydrogens (tertiary/aromatic N) is 3. The maximum Gasteiger partial charge on any atom is 0.322 e. The van der Waals surface area contributed by atoms with Gasteiger partial charge in [-0.1, -0.05) is 42.5 Å². The molecule has 206 valence electrons. The number of amides is 2. The van der Waals surface area contributed by atoms with Crippen LogP contribution in [0.2, 0.25) is 0 Å². The zero-order valence-electron chi connectivity index (χ0n) is 23.2. The van der Waals surface area contributed by atoms with Gasteiger partial charge in [-0.2, -0.15) is 0 Å². The topological polar surface area (TPSA) is 81.9 Å². The zero-order chi connectivity index (χ0) is 27.4. The van der Waals surface area contributed by atoms with E-state index in [1.54, 1.807) is 0 Å². The van der Waals surface area contributed by atoms with E-state index in [1.807, 2.05) is 29.2 Å². The molecule has 5 rings (SSSR count). The summed E-state index contributed by atoms with van der Waals surface area (Å²) in [5.74, 6) is 0. The molecule has 7 heteroatoms. The van der Waals surface area contributed by atoms with Crippen molar-refractivity contribution in [1.82, 2.24) is 14.7 Å². The molecule has 0 radical (unpaired) electrons. The second kappa shape index (κ2) is 12.2. The molecule has 0 bridgehead atoms. The Morgan fingerprint density at radius 1 is 1.13 bits per heavy atom. The van der Waals surface area contributed by atoms with E-state index in [9.17, 15) is 9.59 Å². The zero-order valence-corrected chi connectivity index (χ0v) is 23.2. The van der Waals surface area contributed by atoms with Gasteiger partial charge in [0.1, 0.15) is 6.29 Å². The Hall–Kier alpha value is -3.42. The van der Waals surface area contributed by atoms with Crippen molar-refractivity contribution in [2.75, 3.05) is 37.7 Å². The number of rotatable bonds is 9. The Labute approximate surface area is 232 Å². The third kappa shape index (κ3) is 6.26. The fourth-order valence-corrected chi connectivity index (χ4v) is 6.20. The summed E-state index contributed by atoms with van der Waals surface area (Å²) in [6.45, 7) is 6.00. The Bertz CT molecular complexity index is 1260. The van der Waals surface area contributed by atoms with Crippen molar-refractivity contribution in [2.45, 2.75) is 64.2 Å². The molecule has 0 aromatic heterocycles. The molecule has 2 aromatic rings. The number of fused-ring (bicyclic) bond motifs is 1. The number of aldehydes is 1. The second-order valence-corrected chi connectivity index (χ2v) is 11.2. The molecule has 7 nitrogen and oxygen atoms in total. The summed E-state index contributed by atoms with van der Waals surface area (Å²) in [7, 11) is 2.15. The molecule has 2 aliphatic heterocycles. The number of para-hydroxylation sites is 1. The van der Waals surface area contributed by atoms with Gasteiger partial charge in [0.15, 0.2) is 0 Å². The quantitative estimate of drug-likeness (QED) is 0.358. The predicted molar refractivity (Wildman–Crippen MR) is 158 cm³/mol. The normalized spacial score (nSPS) is 19.0.